The van der Waals surface area contributed by atoms with Crippen molar-refractivity contribution in [1.82, 2.24) is 0 Å². The van der Waals surface area contributed by atoms with E-state index >= 15 is 0 Å². The molecule has 4 N–H and O–H groups in total. The molecule has 0 aliphatic heterocycles. The molecule has 0 aliphatic carbocycles. The quantitative estimate of drug-likeness (QED) is 0.401. The van der Waals surface area contributed by atoms with E-state index in [-0.39, 0.29) is 16.4 Å². The maximum Gasteiger partial charge on any atom is 0.262 e. The Kier molecular flexibility index (Phi) is 7.19. The van der Waals surface area contributed by atoms with Crippen LogP contribution < -0.4 is 19.9 Å². The van der Waals surface area contributed by atoms with Crippen molar-refractivity contribution in [3.8, 4) is 5.75 Å². The summed E-state index contributed by atoms with van der Waals surface area (Å²) in [6, 6.07) is 17.6. The van der Waals surface area contributed by atoms with Crippen molar-refractivity contribution < 1.29 is 26.4 Å². The smallest absolute Gasteiger partial charge is 0.262 e. The highest BCUT2D eigenvalue weighted by Gasteiger charge is 2.14. The first-order chi connectivity index (χ1) is 15.0. The first kappa shape index (κ1) is 23.7. The topological polar surface area (TPSA) is 145 Å². The van der Waals surface area contributed by atoms with Crippen molar-refractivity contribution in [1.29, 1.82) is 0 Å². The number of carbonyl (C=O) groups excluding carboxylic acids is 1. The van der Waals surface area contributed by atoms with Gasteiger partial charge in [0.05, 0.1) is 9.79 Å². The first-order valence-corrected chi connectivity index (χ1v) is 12.8. The lowest BCUT2D eigenvalue weighted by Gasteiger charge is -2.10. The van der Waals surface area contributed by atoms with Crippen molar-refractivity contribution in [2.24, 2.45) is 5.14 Å². The molecule has 0 aromatic heterocycles. The number of nitrogens with one attached hydrogen (secondary N) is 2. The highest BCUT2D eigenvalue weighted by molar-refractivity contribution is 9.10. The van der Waals surface area contributed by atoms with Crippen molar-refractivity contribution in [2.45, 2.75) is 9.79 Å². The predicted octanol–water partition coefficient (Wildman–Crippen LogP) is 2.91. The van der Waals surface area contributed by atoms with Crippen LogP contribution in [0.4, 0.5) is 11.4 Å². The standard InChI is InChI=1S/C20H18BrN3O6S2/c21-14-1-3-16(4-2-14)24-32(28,29)19-11-7-17(8-12-19)30-13-20(25)23-15-5-9-18(10-6-15)31(22,26)27/h1-12,24H,13H2,(H,23,25)(H2,22,26,27). The molecule has 0 radical (unpaired) electrons. The molecule has 0 unspecified atom stereocenters. The van der Waals surface area contributed by atoms with Crippen LogP contribution in [0.1, 0.15) is 0 Å². The fraction of sp³-hybridized carbons (Fsp3) is 0.0500. The van der Waals surface area contributed by atoms with Gasteiger partial charge in [-0.2, -0.15) is 0 Å². The van der Waals surface area contributed by atoms with E-state index in [2.05, 4.69) is 26.0 Å². The molecule has 0 aliphatic rings. The van der Waals surface area contributed by atoms with Crippen molar-refractivity contribution in [3.63, 3.8) is 0 Å². The lowest BCUT2D eigenvalue weighted by Crippen LogP contribution is -2.20. The van der Waals surface area contributed by atoms with E-state index in [4.69, 9.17) is 9.88 Å². The minimum Gasteiger partial charge on any atom is -0.484 e. The van der Waals surface area contributed by atoms with Crippen LogP contribution in [0.3, 0.4) is 0 Å². The Balaban J connectivity index is 1.56. The number of rotatable bonds is 8. The number of carbonyl (C=O) groups is 1. The molecule has 168 valence electrons. The SMILES string of the molecule is NS(=O)(=O)c1ccc(NC(=O)COc2ccc(S(=O)(=O)Nc3ccc(Br)cc3)cc2)cc1. The summed E-state index contributed by atoms with van der Waals surface area (Å²) in [4.78, 5) is 12.0. The Hall–Kier alpha value is -2.93. The van der Waals surface area contributed by atoms with Crippen LogP contribution in [0.2, 0.25) is 0 Å². The van der Waals surface area contributed by atoms with Crippen molar-refractivity contribution in [2.75, 3.05) is 16.6 Å². The average molecular weight is 540 g/mol. The number of anilines is 2. The molecule has 0 saturated carbocycles. The molecule has 0 saturated heterocycles. The van der Waals surface area contributed by atoms with Gasteiger partial charge in [-0.15, -0.1) is 0 Å². The summed E-state index contributed by atoms with van der Waals surface area (Å²) >= 11 is 3.28. The van der Waals surface area contributed by atoms with Gasteiger partial charge in [0.2, 0.25) is 10.0 Å². The van der Waals surface area contributed by atoms with Crippen molar-refractivity contribution in [3.05, 3.63) is 77.3 Å². The zero-order chi connectivity index (χ0) is 23.4. The molecular weight excluding hydrogens is 522 g/mol. The van der Waals surface area contributed by atoms with E-state index in [1.807, 2.05) is 0 Å². The molecule has 1 amide bonds. The molecule has 12 heteroatoms. The zero-order valence-corrected chi connectivity index (χ0v) is 19.6. The zero-order valence-electron chi connectivity index (χ0n) is 16.4. The predicted molar refractivity (Wildman–Crippen MR) is 123 cm³/mol. The van der Waals surface area contributed by atoms with Crippen LogP contribution in [-0.2, 0) is 24.8 Å². The fourth-order valence-electron chi connectivity index (χ4n) is 2.52. The van der Waals surface area contributed by atoms with Gasteiger partial charge in [-0.05, 0) is 72.8 Å². The number of sulfonamides is 2. The highest BCUT2D eigenvalue weighted by Crippen LogP contribution is 2.21. The second kappa shape index (κ2) is 9.69. The van der Waals surface area contributed by atoms with E-state index in [9.17, 15) is 21.6 Å². The third-order valence-electron chi connectivity index (χ3n) is 4.07. The van der Waals surface area contributed by atoms with Gasteiger partial charge < -0.3 is 10.1 Å². The fourth-order valence-corrected chi connectivity index (χ4v) is 4.36. The van der Waals surface area contributed by atoms with Gasteiger partial charge in [0.1, 0.15) is 5.75 Å². The third kappa shape index (κ3) is 6.53. The van der Waals surface area contributed by atoms with Gasteiger partial charge in [0.25, 0.3) is 15.9 Å². The van der Waals surface area contributed by atoms with E-state index in [1.165, 1.54) is 48.5 Å². The number of benzene rings is 3. The van der Waals surface area contributed by atoms with E-state index < -0.39 is 26.0 Å². The van der Waals surface area contributed by atoms with Gasteiger partial charge in [0.15, 0.2) is 6.61 Å². The lowest BCUT2D eigenvalue weighted by atomic mass is 10.3. The monoisotopic (exact) mass is 539 g/mol. The molecule has 0 heterocycles. The van der Waals surface area contributed by atoms with Crippen LogP contribution in [-0.4, -0.2) is 29.3 Å². The second-order valence-electron chi connectivity index (χ2n) is 6.49. The summed E-state index contributed by atoms with van der Waals surface area (Å²) in [5.41, 5.74) is 0.786. The van der Waals surface area contributed by atoms with Crippen LogP contribution in [0.25, 0.3) is 0 Å². The molecular formula is C20H18BrN3O6S2. The summed E-state index contributed by atoms with van der Waals surface area (Å²) in [6.07, 6.45) is 0. The van der Waals surface area contributed by atoms with Crippen LogP contribution in [0.15, 0.2) is 87.1 Å². The molecule has 9 nitrogen and oxygen atoms in total. The normalized spacial score (nSPS) is 11.6. The Morgan fingerprint density at radius 3 is 1.91 bits per heavy atom. The second-order valence-corrected chi connectivity index (χ2v) is 10.6. The Morgan fingerprint density at radius 2 is 1.34 bits per heavy atom. The number of hydrogen-bond acceptors (Lipinski definition) is 6. The maximum absolute atomic E-state index is 12.5. The molecule has 32 heavy (non-hydrogen) atoms. The number of nitrogens with two attached hydrogens (primary N) is 1. The van der Waals surface area contributed by atoms with Gasteiger partial charge >= 0.3 is 0 Å². The summed E-state index contributed by atoms with van der Waals surface area (Å²) in [6.45, 7) is -0.333. The summed E-state index contributed by atoms with van der Waals surface area (Å²) in [5.74, 6) is -0.186. The molecule has 0 bridgehead atoms. The lowest BCUT2D eigenvalue weighted by molar-refractivity contribution is -0.118. The molecule has 3 rings (SSSR count). The summed E-state index contributed by atoms with van der Waals surface area (Å²) in [5, 5.41) is 7.57. The van der Waals surface area contributed by atoms with E-state index in [1.54, 1.807) is 24.3 Å². The average Bonchev–Trinajstić information content (AvgIpc) is 2.74. The number of halogens is 1. The number of primary sulfonamides is 1. The first-order valence-electron chi connectivity index (χ1n) is 8.97. The molecule has 0 atom stereocenters. The Morgan fingerprint density at radius 1 is 0.812 bits per heavy atom. The maximum atomic E-state index is 12.5. The molecule has 0 fully saturated rings. The molecule has 3 aromatic rings. The molecule has 3 aromatic carbocycles. The number of amides is 1. The Labute approximate surface area is 193 Å². The third-order valence-corrected chi connectivity index (χ3v) is 6.92. The minimum atomic E-state index is -3.81. The van der Waals surface area contributed by atoms with Gasteiger partial charge in [0, 0.05) is 15.8 Å². The van der Waals surface area contributed by atoms with Crippen LogP contribution >= 0.6 is 15.9 Å². The highest BCUT2D eigenvalue weighted by atomic mass is 79.9. The number of ether oxygens (including phenoxy) is 1. The number of hydrogen-bond donors (Lipinski definition) is 3. The Bertz CT molecular complexity index is 1310. The van der Waals surface area contributed by atoms with E-state index in [0.29, 0.717) is 17.1 Å². The van der Waals surface area contributed by atoms with Crippen LogP contribution in [0.5, 0.6) is 5.75 Å². The van der Waals surface area contributed by atoms with Gasteiger partial charge in [-0.25, -0.2) is 22.0 Å². The summed E-state index contributed by atoms with van der Waals surface area (Å²) in [7, 11) is -7.60. The van der Waals surface area contributed by atoms with Crippen molar-refractivity contribution >= 4 is 53.3 Å². The van der Waals surface area contributed by atoms with Crippen LogP contribution in [0, 0.1) is 0 Å². The van der Waals surface area contributed by atoms with Gasteiger partial charge in [-0.3, -0.25) is 9.52 Å². The summed E-state index contributed by atoms with van der Waals surface area (Å²) < 4.78 is 56.1. The minimum absolute atomic E-state index is 0.0344. The van der Waals surface area contributed by atoms with Gasteiger partial charge in [-0.1, -0.05) is 15.9 Å². The largest absolute Gasteiger partial charge is 0.484 e. The molecule has 0 spiro atoms. The van der Waals surface area contributed by atoms with E-state index in [0.717, 1.165) is 4.47 Å².